The van der Waals surface area contributed by atoms with Crippen LogP contribution < -0.4 is 5.73 Å². The van der Waals surface area contributed by atoms with Crippen molar-refractivity contribution >= 4 is 5.71 Å². The molecule has 0 aromatic heterocycles. The van der Waals surface area contributed by atoms with E-state index < -0.39 is 0 Å². The fourth-order valence-electron chi connectivity index (χ4n) is 1.34. The summed E-state index contributed by atoms with van der Waals surface area (Å²) in [5, 5.41) is 4.08. The molecule has 0 aromatic carbocycles. The summed E-state index contributed by atoms with van der Waals surface area (Å²) in [4.78, 5) is 5.12. The van der Waals surface area contributed by atoms with Crippen molar-refractivity contribution in [2.24, 2.45) is 10.9 Å². The lowest BCUT2D eigenvalue weighted by atomic mass is 9.99. The van der Waals surface area contributed by atoms with Gasteiger partial charge < -0.3 is 10.6 Å². The number of hydrogen-bond donors (Lipinski definition) is 1. The van der Waals surface area contributed by atoms with Crippen LogP contribution in [0, 0.1) is 0 Å². The van der Waals surface area contributed by atoms with Crippen molar-refractivity contribution in [1.29, 1.82) is 0 Å². The fourth-order valence-corrected chi connectivity index (χ4v) is 1.34. The van der Waals surface area contributed by atoms with Gasteiger partial charge in [0.05, 0.1) is 5.71 Å². The number of hydrogen-bond acceptors (Lipinski definition) is 3. The van der Waals surface area contributed by atoms with E-state index in [0.29, 0.717) is 13.2 Å². The first-order valence-electron chi connectivity index (χ1n) is 4.81. The van der Waals surface area contributed by atoms with Crippen molar-refractivity contribution in [1.82, 2.24) is 0 Å². The smallest absolute Gasteiger partial charge is 0.118 e. The predicted molar refractivity (Wildman–Crippen MR) is 50.1 cm³/mol. The molecule has 0 unspecified atom stereocenters. The summed E-state index contributed by atoms with van der Waals surface area (Å²) in [6.07, 6.45) is 7.06. The molecule has 0 amide bonds. The maximum Gasteiger partial charge on any atom is 0.118 e. The van der Waals surface area contributed by atoms with E-state index in [-0.39, 0.29) is 0 Å². The summed E-state index contributed by atoms with van der Waals surface area (Å²) >= 11 is 0. The third kappa shape index (κ3) is 3.72. The molecule has 12 heavy (non-hydrogen) atoms. The van der Waals surface area contributed by atoms with Crippen LogP contribution in [0.5, 0.6) is 0 Å². The minimum absolute atomic E-state index is 0.667. The van der Waals surface area contributed by atoms with Gasteiger partial charge in [0.2, 0.25) is 0 Å². The summed E-state index contributed by atoms with van der Waals surface area (Å²) in [6.45, 7) is 1.35. The van der Waals surface area contributed by atoms with Crippen LogP contribution >= 0.6 is 0 Å². The molecule has 0 heterocycles. The summed E-state index contributed by atoms with van der Waals surface area (Å²) in [6, 6.07) is 0. The number of nitrogens with zero attached hydrogens (tertiary/aromatic N) is 1. The number of rotatable bonds is 4. The zero-order chi connectivity index (χ0) is 8.65. The minimum atomic E-state index is 0.667. The molecule has 0 spiro atoms. The molecule has 0 aliphatic heterocycles. The van der Waals surface area contributed by atoms with Crippen LogP contribution in [-0.2, 0) is 4.84 Å². The zero-order valence-corrected chi connectivity index (χ0v) is 7.59. The first-order chi connectivity index (χ1) is 5.93. The van der Waals surface area contributed by atoms with E-state index in [4.69, 9.17) is 10.6 Å². The third-order valence-corrected chi connectivity index (χ3v) is 2.06. The normalized spacial score (nSPS) is 17.6. The van der Waals surface area contributed by atoms with Gasteiger partial charge in [-0.05, 0) is 38.6 Å². The van der Waals surface area contributed by atoms with Crippen LogP contribution in [0.3, 0.4) is 0 Å². The van der Waals surface area contributed by atoms with Crippen molar-refractivity contribution in [2.75, 3.05) is 13.2 Å². The maximum absolute atomic E-state index is 5.32. The van der Waals surface area contributed by atoms with Crippen LogP contribution in [0.15, 0.2) is 5.16 Å². The highest BCUT2D eigenvalue weighted by molar-refractivity contribution is 5.84. The van der Waals surface area contributed by atoms with E-state index in [1.165, 1.54) is 25.0 Å². The molecule has 1 saturated carbocycles. The molecule has 0 saturated heterocycles. The molecule has 1 aliphatic carbocycles. The van der Waals surface area contributed by atoms with E-state index in [1.807, 2.05) is 0 Å². The fraction of sp³-hybridized carbons (Fsp3) is 0.889. The highest BCUT2D eigenvalue weighted by atomic mass is 16.6. The highest BCUT2D eigenvalue weighted by Crippen LogP contribution is 2.14. The first kappa shape index (κ1) is 9.52. The van der Waals surface area contributed by atoms with Gasteiger partial charge in [0.25, 0.3) is 0 Å². The lowest BCUT2D eigenvalue weighted by Gasteiger charge is -2.11. The van der Waals surface area contributed by atoms with E-state index in [9.17, 15) is 0 Å². The molecular weight excluding hydrogens is 152 g/mol. The molecule has 2 N–H and O–H groups in total. The van der Waals surface area contributed by atoms with E-state index in [2.05, 4.69) is 5.16 Å². The number of oxime groups is 1. The molecule has 3 heteroatoms. The minimum Gasteiger partial charge on any atom is -0.396 e. The molecule has 0 atom stereocenters. The average Bonchev–Trinajstić information content (AvgIpc) is 2.14. The molecule has 0 aromatic rings. The van der Waals surface area contributed by atoms with Crippen molar-refractivity contribution in [3.63, 3.8) is 0 Å². The van der Waals surface area contributed by atoms with Gasteiger partial charge in [0.15, 0.2) is 0 Å². The maximum atomic E-state index is 5.32. The van der Waals surface area contributed by atoms with Crippen molar-refractivity contribution in [2.45, 2.75) is 38.5 Å². The molecular formula is C9H18N2O. The first-order valence-corrected chi connectivity index (χ1v) is 4.81. The Kier molecular flexibility index (Phi) is 4.76. The van der Waals surface area contributed by atoms with Gasteiger partial charge in [-0.3, -0.25) is 0 Å². The Morgan fingerprint density at radius 2 is 2.00 bits per heavy atom. The Labute approximate surface area is 74.0 Å². The Morgan fingerprint density at radius 3 is 2.67 bits per heavy atom. The summed E-state index contributed by atoms with van der Waals surface area (Å²) in [7, 11) is 0. The predicted octanol–water partition coefficient (Wildman–Crippen LogP) is 1.67. The van der Waals surface area contributed by atoms with Gasteiger partial charge in [-0.2, -0.15) is 0 Å². The van der Waals surface area contributed by atoms with Crippen LogP contribution in [0.25, 0.3) is 0 Å². The van der Waals surface area contributed by atoms with Gasteiger partial charge in [-0.1, -0.05) is 11.6 Å². The molecule has 1 fully saturated rings. The molecule has 3 nitrogen and oxygen atoms in total. The van der Waals surface area contributed by atoms with Crippen LogP contribution in [-0.4, -0.2) is 18.9 Å². The monoisotopic (exact) mass is 170 g/mol. The van der Waals surface area contributed by atoms with Crippen molar-refractivity contribution in [3.8, 4) is 0 Å². The SMILES string of the molecule is NCCCON=C1CCCCC1. The Balaban J connectivity index is 2.08. The second-order valence-electron chi connectivity index (χ2n) is 3.19. The standard InChI is InChI=1S/C9H18N2O/c10-7-4-8-12-11-9-5-2-1-3-6-9/h1-8,10H2. The second-order valence-corrected chi connectivity index (χ2v) is 3.19. The highest BCUT2D eigenvalue weighted by Gasteiger charge is 2.06. The number of nitrogens with two attached hydrogens (primary N) is 1. The molecule has 70 valence electrons. The van der Waals surface area contributed by atoms with Gasteiger partial charge in [-0.15, -0.1) is 0 Å². The van der Waals surface area contributed by atoms with Crippen molar-refractivity contribution in [3.05, 3.63) is 0 Å². The van der Waals surface area contributed by atoms with E-state index in [0.717, 1.165) is 19.3 Å². The van der Waals surface area contributed by atoms with Gasteiger partial charge >= 0.3 is 0 Å². The average molecular weight is 170 g/mol. The summed E-state index contributed by atoms with van der Waals surface area (Å²) in [5.41, 5.74) is 6.55. The zero-order valence-electron chi connectivity index (χ0n) is 7.59. The summed E-state index contributed by atoms with van der Waals surface area (Å²) in [5.74, 6) is 0. The Hall–Kier alpha value is -0.570. The van der Waals surface area contributed by atoms with Crippen LogP contribution in [0.4, 0.5) is 0 Å². The quantitative estimate of drug-likeness (QED) is 0.515. The molecule has 1 aliphatic rings. The Morgan fingerprint density at radius 1 is 1.25 bits per heavy atom. The molecule has 0 radical (unpaired) electrons. The summed E-state index contributed by atoms with van der Waals surface area (Å²) < 4.78 is 0. The van der Waals surface area contributed by atoms with Gasteiger partial charge in [0, 0.05) is 0 Å². The third-order valence-electron chi connectivity index (χ3n) is 2.06. The second kappa shape index (κ2) is 6.00. The lowest BCUT2D eigenvalue weighted by molar-refractivity contribution is 0.141. The van der Waals surface area contributed by atoms with Crippen LogP contribution in [0.2, 0.25) is 0 Å². The topological polar surface area (TPSA) is 47.6 Å². The molecule has 1 rings (SSSR count). The van der Waals surface area contributed by atoms with Crippen molar-refractivity contribution < 1.29 is 4.84 Å². The van der Waals surface area contributed by atoms with E-state index in [1.54, 1.807) is 0 Å². The van der Waals surface area contributed by atoms with E-state index >= 15 is 0 Å². The molecule has 0 bridgehead atoms. The largest absolute Gasteiger partial charge is 0.396 e. The van der Waals surface area contributed by atoms with Gasteiger partial charge in [0.1, 0.15) is 6.61 Å². The Bertz CT molecular complexity index is 137. The van der Waals surface area contributed by atoms with Gasteiger partial charge in [-0.25, -0.2) is 0 Å². The lowest BCUT2D eigenvalue weighted by Crippen LogP contribution is -2.07. The van der Waals surface area contributed by atoms with Crippen LogP contribution in [0.1, 0.15) is 38.5 Å².